The Morgan fingerprint density at radius 3 is 2.85 bits per heavy atom. The standard InChI is InChI=1S/C16H23NO3/c1-13-6-8-15(9-7-13)20-11-3-5-16(19)17-10-2-4-14(17)12-18/h6-9,14,18H,2-5,10-12H2,1H3/t14-/m1/s1. The van der Waals surface area contributed by atoms with Crippen molar-refractivity contribution in [2.45, 2.75) is 38.6 Å². The van der Waals surface area contributed by atoms with Crippen LogP contribution in [0.5, 0.6) is 5.75 Å². The average Bonchev–Trinajstić information content (AvgIpc) is 2.94. The molecule has 4 heteroatoms. The molecule has 1 amide bonds. The number of benzene rings is 1. The highest BCUT2D eigenvalue weighted by Crippen LogP contribution is 2.18. The van der Waals surface area contributed by atoms with Crippen LogP contribution in [0.3, 0.4) is 0 Å². The molecule has 1 aliphatic rings. The topological polar surface area (TPSA) is 49.8 Å². The lowest BCUT2D eigenvalue weighted by atomic mass is 10.2. The fourth-order valence-electron chi connectivity index (χ4n) is 2.55. The maximum Gasteiger partial charge on any atom is 0.223 e. The second kappa shape index (κ2) is 7.29. The van der Waals surface area contributed by atoms with Gasteiger partial charge >= 0.3 is 0 Å². The quantitative estimate of drug-likeness (QED) is 0.810. The van der Waals surface area contributed by atoms with Crippen molar-refractivity contribution in [1.82, 2.24) is 4.90 Å². The maximum atomic E-state index is 12.0. The molecule has 110 valence electrons. The van der Waals surface area contributed by atoms with Crippen LogP contribution in [0.4, 0.5) is 0 Å². The summed E-state index contributed by atoms with van der Waals surface area (Å²) >= 11 is 0. The summed E-state index contributed by atoms with van der Waals surface area (Å²) in [5.74, 6) is 0.978. The van der Waals surface area contributed by atoms with Crippen molar-refractivity contribution in [2.24, 2.45) is 0 Å². The van der Waals surface area contributed by atoms with E-state index < -0.39 is 0 Å². The molecule has 0 unspecified atom stereocenters. The second-order valence-corrected chi connectivity index (χ2v) is 5.33. The van der Waals surface area contributed by atoms with E-state index in [9.17, 15) is 9.90 Å². The summed E-state index contributed by atoms with van der Waals surface area (Å²) in [6, 6.07) is 7.94. The van der Waals surface area contributed by atoms with Gasteiger partial charge in [-0.15, -0.1) is 0 Å². The lowest BCUT2D eigenvalue weighted by Gasteiger charge is -2.22. The van der Waals surface area contributed by atoms with E-state index in [1.165, 1.54) is 5.56 Å². The summed E-state index contributed by atoms with van der Waals surface area (Å²) in [6.45, 7) is 3.44. The van der Waals surface area contributed by atoms with Crippen LogP contribution in [0.25, 0.3) is 0 Å². The predicted octanol–water partition coefficient (Wildman–Crippen LogP) is 2.14. The fraction of sp³-hybridized carbons (Fsp3) is 0.562. The lowest BCUT2D eigenvalue weighted by molar-refractivity contribution is -0.132. The Morgan fingerprint density at radius 2 is 2.15 bits per heavy atom. The number of aliphatic hydroxyl groups is 1. The molecule has 1 aromatic rings. The average molecular weight is 277 g/mol. The molecule has 1 saturated heterocycles. The molecular weight excluding hydrogens is 254 g/mol. The molecule has 1 atom stereocenters. The normalized spacial score (nSPS) is 18.3. The van der Waals surface area contributed by atoms with Crippen LogP contribution in [0.2, 0.25) is 0 Å². The summed E-state index contributed by atoms with van der Waals surface area (Å²) in [5, 5.41) is 9.21. The fourth-order valence-corrected chi connectivity index (χ4v) is 2.55. The van der Waals surface area contributed by atoms with Crippen LogP contribution in [0, 0.1) is 6.92 Å². The molecule has 0 bridgehead atoms. The van der Waals surface area contributed by atoms with Gasteiger partial charge in [0, 0.05) is 13.0 Å². The van der Waals surface area contributed by atoms with Crippen molar-refractivity contribution >= 4 is 5.91 Å². The Kier molecular flexibility index (Phi) is 5.41. The van der Waals surface area contributed by atoms with Gasteiger partial charge in [-0.05, 0) is 38.3 Å². The molecule has 1 N–H and O–H groups in total. The van der Waals surface area contributed by atoms with Gasteiger partial charge < -0.3 is 14.7 Å². The Morgan fingerprint density at radius 1 is 1.40 bits per heavy atom. The molecule has 1 heterocycles. The second-order valence-electron chi connectivity index (χ2n) is 5.33. The highest BCUT2D eigenvalue weighted by molar-refractivity contribution is 5.76. The molecule has 0 spiro atoms. The number of amides is 1. The minimum Gasteiger partial charge on any atom is -0.494 e. The first-order valence-corrected chi connectivity index (χ1v) is 7.30. The molecule has 0 saturated carbocycles. The number of aliphatic hydroxyl groups excluding tert-OH is 1. The smallest absolute Gasteiger partial charge is 0.223 e. The van der Waals surface area contributed by atoms with Gasteiger partial charge in [0.25, 0.3) is 0 Å². The first-order valence-electron chi connectivity index (χ1n) is 7.30. The Bertz CT molecular complexity index is 430. The summed E-state index contributed by atoms with van der Waals surface area (Å²) in [5.41, 5.74) is 1.21. The molecule has 1 aromatic carbocycles. The molecule has 1 aliphatic heterocycles. The Labute approximate surface area is 120 Å². The molecule has 0 aromatic heterocycles. The van der Waals surface area contributed by atoms with Crippen LogP contribution in [0.1, 0.15) is 31.2 Å². The highest BCUT2D eigenvalue weighted by Gasteiger charge is 2.27. The SMILES string of the molecule is Cc1ccc(OCCCC(=O)N2CCC[C@@H]2CO)cc1. The number of likely N-dealkylation sites (tertiary alicyclic amines) is 1. The van der Waals surface area contributed by atoms with E-state index in [1.807, 2.05) is 36.1 Å². The van der Waals surface area contributed by atoms with Crippen LogP contribution < -0.4 is 4.74 Å². The van der Waals surface area contributed by atoms with Crippen molar-refractivity contribution in [3.63, 3.8) is 0 Å². The number of aryl methyl sites for hydroxylation is 1. The summed E-state index contributed by atoms with van der Waals surface area (Å²) in [7, 11) is 0. The Balaban J connectivity index is 1.68. The van der Waals surface area contributed by atoms with E-state index in [4.69, 9.17) is 4.74 Å². The Hall–Kier alpha value is -1.55. The van der Waals surface area contributed by atoms with Crippen molar-refractivity contribution in [3.05, 3.63) is 29.8 Å². The van der Waals surface area contributed by atoms with Gasteiger partial charge in [0.15, 0.2) is 0 Å². The van der Waals surface area contributed by atoms with Gasteiger partial charge in [-0.2, -0.15) is 0 Å². The number of carbonyl (C=O) groups excluding carboxylic acids is 1. The molecular formula is C16H23NO3. The van der Waals surface area contributed by atoms with E-state index in [1.54, 1.807) is 0 Å². The molecule has 1 fully saturated rings. The zero-order chi connectivity index (χ0) is 14.4. The van der Waals surface area contributed by atoms with Crippen LogP contribution in [0.15, 0.2) is 24.3 Å². The van der Waals surface area contributed by atoms with E-state index in [2.05, 4.69) is 0 Å². The van der Waals surface area contributed by atoms with Crippen molar-refractivity contribution < 1.29 is 14.6 Å². The molecule has 2 rings (SSSR count). The number of carbonyl (C=O) groups is 1. The molecule has 0 aliphatic carbocycles. The van der Waals surface area contributed by atoms with Crippen molar-refractivity contribution in [1.29, 1.82) is 0 Å². The number of rotatable bonds is 6. The lowest BCUT2D eigenvalue weighted by Crippen LogP contribution is -2.37. The minimum absolute atomic E-state index is 0.0283. The zero-order valence-corrected chi connectivity index (χ0v) is 12.0. The number of hydrogen-bond acceptors (Lipinski definition) is 3. The van der Waals surface area contributed by atoms with Crippen LogP contribution in [-0.4, -0.2) is 41.7 Å². The number of nitrogens with zero attached hydrogens (tertiary/aromatic N) is 1. The van der Waals surface area contributed by atoms with E-state index in [0.29, 0.717) is 19.4 Å². The molecule has 0 radical (unpaired) electrons. The predicted molar refractivity (Wildman–Crippen MR) is 77.7 cm³/mol. The zero-order valence-electron chi connectivity index (χ0n) is 12.0. The van der Waals surface area contributed by atoms with Gasteiger partial charge in [-0.1, -0.05) is 17.7 Å². The van der Waals surface area contributed by atoms with Gasteiger partial charge in [0.2, 0.25) is 5.91 Å². The van der Waals surface area contributed by atoms with E-state index in [-0.39, 0.29) is 18.6 Å². The van der Waals surface area contributed by atoms with Crippen molar-refractivity contribution in [2.75, 3.05) is 19.8 Å². The van der Waals surface area contributed by atoms with Gasteiger partial charge in [-0.3, -0.25) is 4.79 Å². The third-order valence-corrected chi connectivity index (χ3v) is 3.73. The summed E-state index contributed by atoms with van der Waals surface area (Å²) in [6.07, 6.45) is 3.11. The number of ether oxygens (including phenoxy) is 1. The first-order chi connectivity index (χ1) is 9.70. The van der Waals surface area contributed by atoms with E-state index >= 15 is 0 Å². The van der Waals surface area contributed by atoms with Gasteiger partial charge in [0.05, 0.1) is 19.3 Å². The largest absolute Gasteiger partial charge is 0.494 e. The minimum atomic E-state index is 0.0283. The molecule has 20 heavy (non-hydrogen) atoms. The third kappa shape index (κ3) is 3.97. The molecule has 4 nitrogen and oxygen atoms in total. The monoisotopic (exact) mass is 277 g/mol. The highest BCUT2D eigenvalue weighted by atomic mass is 16.5. The first kappa shape index (κ1) is 14.9. The summed E-state index contributed by atoms with van der Waals surface area (Å²) in [4.78, 5) is 13.8. The van der Waals surface area contributed by atoms with E-state index in [0.717, 1.165) is 25.1 Å². The van der Waals surface area contributed by atoms with Gasteiger partial charge in [0.1, 0.15) is 5.75 Å². The van der Waals surface area contributed by atoms with Crippen LogP contribution in [-0.2, 0) is 4.79 Å². The van der Waals surface area contributed by atoms with Gasteiger partial charge in [-0.25, -0.2) is 0 Å². The van der Waals surface area contributed by atoms with Crippen molar-refractivity contribution in [3.8, 4) is 5.75 Å². The summed E-state index contributed by atoms with van der Waals surface area (Å²) < 4.78 is 5.61. The maximum absolute atomic E-state index is 12.0. The number of hydrogen-bond donors (Lipinski definition) is 1. The van der Waals surface area contributed by atoms with Crippen LogP contribution >= 0.6 is 0 Å². The third-order valence-electron chi connectivity index (χ3n) is 3.73.